The molecule has 70 heavy (non-hydrogen) atoms. The first-order valence-electron chi connectivity index (χ1n) is 23.9. The Morgan fingerprint density at radius 3 is 1.37 bits per heavy atom. The van der Waals surface area contributed by atoms with Gasteiger partial charge in [-0.2, -0.15) is 0 Å². The summed E-state index contributed by atoms with van der Waals surface area (Å²) in [6.45, 7) is 0. The highest BCUT2D eigenvalue weighted by Gasteiger charge is 2.24. The maximum atomic E-state index is 5.43. The van der Waals surface area contributed by atoms with E-state index in [0.29, 0.717) is 0 Å². The fourth-order valence-corrected chi connectivity index (χ4v) is 11.0. The number of aromatic nitrogens is 4. The van der Waals surface area contributed by atoms with E-state index in [4.69, 9.17) is 9.97 Å². The average molecular weight is 891 g/mol. The van der Waals surface area contributed by atoms with Gasteiger partial charge in [0.25, 0.3) is 0 Å². The predicted octanol–water partition coefficient (Wildman–Crippen LogP) is 17.3. The molecular formula is C66H42N4. The molecule has 0 amide bonds. The summed E-state index contributed by atoms with van der Waals surface area (Å²) in [5.41, 5.74) is 17.7. The van der Waals surface area contributed by atoms with Crippen molar-refractivity contribution in [2.75, 3.05) is 0 Å². The van der Waals surface area contributed by atoms with Gasteiger partial charge in [0, 0.05) is 33.2 Å². The zero-order valence-electron chi connectivity index (χ0n) is 38.0. The summed E-state index contributed by atoms with van der Waals surface area (Å²) in [6, 6.07) is 91.7. The SMILES string of the molecule is c1ccc(-c2nc(-c3ccccc3)n(-c3ccc(-c4c5ccccc5c(-c5ccc(-c6ccc7c8ccccc8n8c9ccccc9nc8c7c6)cc5)c5ccccc45)cc3)c2-c2ccccc2)cc1. The third-order valence-electron chi connectivity index (χ3n) is 14.1. The lowest BCUT2D eigenvalue weighted by molar-refractivity contribution is 1.07. The maximum absolute atomic E-state index is 5.43. The first-order chi connectivity index (χ1) is 34.7. The van der Waals surface area contributed by atoms with Gasteiger partial charge in [0.15, 0.2) is 0 Å². The number of pyridine rings is 1. The van der Waals surface area contributed by atoms with Crippen LogP contribution in [0.15, 0.2) is 255 Å². The zero-order chi connectivity index (χ0) is 46.1. The standard InChI is InChI=1S/C66H42N4/c1-4-18-46(19-5-1)63-64(47-20-6-2-7-21-47)69(65(68-63)48-22-8-3-9-23-48)50-39-36-45(37-40-50)62-55-27-12-10-25-53(55)61(54-26-11-13-28-56(54)62)44-34-32-43(33-35-44)49-38-41-51-52-24-14-16-30-59(52)70-60-31-17-15-29-58(60)67-66(70)57(51)42-49/h1-42H. The van der Waals surface area contributed by atoms with Crippen LogP contribution in [0.1, 0.15) is 0 Å². The van der Waals surface area contributed by atoms with E-state index in [1.54, 1.807) is 0 Å². The first kappa shape index (κ1) is 39.8. The van der Waals surface area contributed by atoms with Crippen molar-refractivity contribution >= 4 is 59.9 Å². The van der Waals surface area contributed by atoms with Gasteiger partial charge in [-0.1, -0.05) is 218 Å². The summed E-state index contributed by atoms with van der Waals surface area (Å²) in [5, 5.41) is 8.45. The van der Waals surface area contributed by atoms with Crippen molar-refractivity contribution in [3.63, 3.8) is 0 Å². The van der Waals surface area contributed by atoms with Crippen molar-refractivity contribution in [3.8, 4) is 73.0 Å². The molecule has 0 aliphatic heterocycles. The van der Waals surface area contributed by atoms with Gasteiger partial charge < -0.3 is 0 Å². The lowest BCUT2D eigenvalue weighted by atomic mass is 9.85. The zero-order valence-corrected chi connectivity index (χ0v) is 38.0. The van der Waals surface area contributed by atoms with E-state index in [0.717, 1.165) is 78.3 Å². The fourth-order valence-electron chi connectivity index (χ4n) is 11.0. The number of benzene rings is 11. The van der Waals surface area contributed by atoms with Gasteiger partial charge in [0.2, 0.25) is 0 Å². The Hall–Kier alpha value is -9.38. The largest absolute Gasteiger partial charge is 0.292 e. The van der Waals surface area contributed by atoms with E-state index >= 15 is 0 Å². The van der Waals surface area contributed by atoms with E-state index in [1.165, 1.54) is 54.5 Å². The molecular weight excluding hydrogens is 849 g/mol. The minimum atomic E-state index is 0.899. The molecule has 3 aromatic heterocycles. The monoisotopic (exact) mass is 890 g/mol. The first-order valence-corrected chi connectivity index (χ1v) is 23.9. The van der Waals surface area contributed by atoms with E-state index < -0.39 is 0 Å². The predicted molar refractivity (Wildman–Crippen MR) is 292 cm³/mol. The Bertz CT molecular complexity index is 4250. The third-order valence-corrected chi connectivity index (χ3v) is 14.1. The molecule has 0 radical (unpaired) electrons. The van der Waals surface area contributed by atoms with Crippen LogP contribution < -0.4 is 0 Å². The van der Waals surface area contributed by atoms with Crippen molar-refractivity contribution in [1.29, 1.82) is 0 Å². The van der Waals surface area contributed by atoms with Crippen molar-refractivity contribution in [1.82, 2.24) is 18.9 Å². The second-order valence-electron chi connectivity index (χ2n) is 18.1. The van der Waals surface area contributed by atoms with Crippen LogP contribution in [0.25, 0.3) is 133 Å². The van der Waals surface area contributed by atoms with Crippen LogP contribution in [0.2, 0.25) is 0 Å². The number of para-hydroxylation sites is 3. The van der Waals surface area contributed by atoms with Gasteiger partial charge in [-0.3, -0.25) is 8.97 Å². The van der Waals surface area contributed by atoms with Gasteiger partial charge in [-0.05, 0) is 96.7 Å². The van der Waals surface area contributed by atoms with Gasteiger partial charge in [-0.15, -0.1) is 0 Å². The highest BCUT2D eigenvalue weighted by atomic mass is 15.1. The minimum Gasteiger partial charge on any atom is -0.292 e. The van der Waals surface area contributed by atoms with Gasteiger partial charge >= 0.3 is 0 Å². The van der Waals surface area contributed by atoms with E-state index in [-0.39, 0.29) is 0 Å². The second-order valence-corrected chi connectivity index (χ2v) is 18.1. The lowest BCUT2D eigenvalue weighted by Gasteiger charge is -2.19. The molecule has 3 heterocycles. The van der Waals surface area contributed by atoms with Crippen LogP contribution >= 0.6 is 0 Å². The average Bonchev–Trinajstić information content (AvgIpc) is 4.04. The third kappa shape index (κ3) is 6.31. The molecule has 14 rings (SSSR count). The van der Waals surface area contributed by atoms with Crippen molar-refractivity contribution < 1.29 is 0 Å². The molecule has 0 spiro atoms. The Morgan fingerprint density at radius 2 is 0.757 bits per heavy atom. The number of rotatable bonds is 7. The molecule has 0 unspecified atom stereocenters. The topological polar surface area (TPSA) is 35.1 Å². The Kier molecular flexibility index (Phi) is 9.17. The summed E-state index contributed by atoms with van der Waals surface area (Å²) in [7, 11) is 0. The second kappa shape index (κ2) is 16.2. The number of hydrogen-bond donors (Lipinski definition) is 0. The molecule has 0 fully saturated rings. The highest BCUT2D eigenvalue weighted by Crippen LogP contribution is 2.45. The number of hydrogen-bond acceptors (Lipinski definition) is 2. The molecule has 0 atom stereocenters. The summed E-state index contributed by atoms with van der Waals surface area (Å²) in [4.78, 5) is 10.6. The Labute approximate surface area is 404 Å². The van der Waals surface area contributed by atoms with Gasteiger partial charge in [0.1, 0.15) is 11.5 Å². The molecule has 0 saturated carbocycles. The molecule has 0 aliphatic rings. The van der Waals surface area contributed by atoms with E-state index in [1.807, 2.05) is 0 Å². The molecule has 11 aromatic carbocycles. The number of nitrogens with zero attached hydrogens (tertiary/aromatic N) is 4. The highest BCUT2D eigenvalue weighted by molar-refractivity contribution is 6.21. The molecule has 0 aliphatic carbocycles. The molecule has 4 heteroatoms. The smallest absolute Gasteiger partial charge is 0.146 e. The molecule has 14 aromatic rings. The van der Waals surface area contributed by atoms with E-state index in [2.05, 4.69) is 264 Å². The van der Waals surface area contributed by atoms with Crippen LogP contribution in [-0.4, -0.2) is 18.9 Å². The molecule has 0 saturated heterocycles. The van der Waals surface area contributed by atoms with Crippen LogP contribution in [-0.2, 0) is 0 Å². The van der Waals surface area contributed by atoms with Crippen molar-refractivity contribution in [2.24, 2.45) is 0 Å². The minimum absolute atomic E-state index is 0.899. The quantitative estimate of drug-likeness (QED) is 0.118. The maximum Gasteiger partial charge on any atom is 0.146 e. The Morgan fingerprint density at radius 1 is 0.286 bits per heavy atom. The lowest BCUT2D eigenvalue weighted by Crippen LogP contribution is -2.00. The normalized spacial score (nSPS) is 11.7. The van der Waals surface area contributed by atoms with Gasteiger partial charge in [0.05, 0.1) is 27.9 Å². The molecule has 0 bridgehead atoms. The van der Waals surface area contributed by atoms with Gasteiger partial charge in [-0.25, -0.2) is 9.97 Å². The van der Waals surface area contributed by atoms with Crippen LogP contribution in [0, 0.1) is 0 Å². The molecule has 0 N–H and O–H groups in total. The van der Waals surface area contributed by atoms with Crippen molar-refractivity contribution in [2.45, 2.75) is 0 Å². The Balaban J connectivity index is 0.894. The summed E-state index contributed by atoms with van der Waals surface area (Å²) in [5.74, 6) is 0.899. The molecule has 326 valence electrons. The van der Waals surface area contributed by atoms with Crippen LogP contribution in [0.5, 0.6) is 0 Å². The van der Waals surface area contributed by atoms with Crippen LogP contribution in [0.4, 0.5) is 0 Å². The summed E-state index contributed by atoms with van der Waals surface area (Å²) in [6.07, 6.45) is 0. The summed E-state index contributed by atoms with van der Waals surface area (Å²) >= 11 is 0. The van der Waals surface area contributed by atoms with Crippen molar-refractivity contribution in [3.05, 3.63) is 255 Å². The molecule has 4 nitrogen and oxygen atoms in total. The number of fused-ring (bicyclic) bond motifs is 10. The fraction of sp³-hybridized carbons (Fsp3) is 0. The summed E-state index contributed by atoms with van der Waals surface area (Å²) < 4.78 is 4.65. The van der Waals surface area contributed by atoms with E-state index in [9.17, 15) is 0 Å². The number of imidazole rings is 2. The van der Waals surface area contributed by atoms with Crippen LogP contribution in [0.3, 0.4) is 0 Å².